The fourth-order valence-electron chi connectivity index (χ4n) is 2.23. The summed E-state index contributed by atoms with van der Waals surface area (Å²) in [5.74, 6) is -0.288. The van der Waals surface area contributed by atoms with E-state index in [9.17, 15) is 14.5 Å². The van der Waals surface area contributed by atoms with E-state index in [1.807, 2.05) is 4.90 Å². The van der Waals surface area contributed by atoms with Crippen LogP contribution in [-0.4, -0.2) is 34.2 Å². The number of rotatable bonds is 5. The Kier molecular flexibility index (Phi) is 4.13. The molecule has 3 rings (SSSR count). The van der Waals surface area contributed by atoms with Gasteiger partial charge in [0.25, 0.3) is 0 Å². The number of furan rings is 1. The Morgan fingerprint density at radius 1 is 1.43 bits per heavy atom. The van der Waals surface area contributed by atoms with Crippen molar-refractivity contribution in [1.82, 2.24) is 9.97 Å². The lowest BCUT2D eigenvalue weighted by Gasteiger charge is -2.16. The standard InChI is InChI=1S/C13H13FN6O3/c14-10-8-15-13(17-12(10)19-5-1-2-6-19)18-16-7-9-3-4-11(23-9)20(21)22/h3-4,7-8H,1-2,5-6H2,(H,15,17,18)/b16-7+. The Morgan fingerprint density at radius 2 is 2.22 bits per heavy atom. The van der Waals surface area contributed by atoms with Gasteiger partial charge in [-0.15, -0.1) is 0 Å². The van der Waals surface area contributed by atoms with Gasteiger partial charge in [-0.3, -0.25) is 10.1 Å². The van der Waals surface area contributed by atoms with Gasteiger partial charge in [-0.05, 0) is 18.9 Å². The summed E-state index contributed by atoms with van der Waals surface area (Å²) < 4.78 is 18.7. The highest BCUT2D eigenvalue weighted by molar-refractivity contribution is 5.76. The van der Waals surface area contributed by atoms with Crippen LogP contribution in [0.15, 0.2) is 27.8 Å². The first-order valence-corrected chi connectivity index (χ1v) is 6.94. The number of nitrogens with zero attached hydrogens (tertiary/aromatic N) is 5. The molecule has 0 radical (unpaired) electrons. The van der Waals surface area contributed by atoms with Gasteiger partial charge in [-0.1, -0.05) is 0 Å². The highest BCUT2D eigenvalue weighted by atomic mass is 19.1. The van der Waals surface area contributed by atoms with Crippen LogP contribution in [0.5, 0.6) is 0 Å². The molecule has 0 saturated carbocycles. The second kappa shape index (κ2) is 6.38. The summed E-state index contributed by atoms with van der Waals surface area (Å²) in [4.78, 5) is 19.6. The Morgan fingerprint density at radius 3 is 2.91 bits per heavy atom. The Balaban J connectivity index is 1.68. The maximum Gasteiger partial charge on any atom is 0.433 e. The molecule has 1 fully saturated rings. The van der Waals surface area contributed by atoms with E-state index in [-0.39, 0.29) is 23.4 Å². The minimum Gasteiger partial charge on any atom is -0.400 e. The third kappa shape index (κ3) is 3.42. The summed E-state index contributed by atoms with van der Waals surface area (Å²) in [6.07, 6.45) is 4.33. The van der Waals surface area contributed by atoms with Crippen LogP contribution in [0.2, 0.25) is 0 Å². The van der Waals surface area contributed by atoms with E-state index in [0.29, 0.717) is 0 Å². The number of aromatic nitrogens is 2. The normalized spacial score (nSPS) is 14.6. The third-order valence-electron chi connectivity index (χ3n) is 3.28. The van der Waals surface area contributed by atoms with Gasteiger partial charge >= 0.3 is 5.88 Å². The third-order valence-corrected chi connectivity index (χ3v) is 3.28. The number of hydrogen-bond acceptors (Lipinski definition) is 8. The number of halogens is 1. The summed E-state index contributed by atoms with van der Waals surface area (Å²) in [5.41, 5.74) is 2.55. The Hall–Kier alpha value is -3.04. The predicted molar refractivity (Wildman–Crippen MR) is 80.0 cm³/mol. The minimum atomic E-state index is -0.643. The van der Waals surface area contributed by atoms with E-state index in [1.165, 1.54) is 18.3 Å². The van der Waals surface area contributed by atoms with Crippen molar-refractivity contribution in [3.63, 3.8) is 0 Å². The van der Waals surface area contributed by atoms with Crippen LogP contribution in [0.4, 0.5) is 22.0 Å². The fourth-order valence-corrected chi connectivity index (χ4v) is 2.23. The molecule has 1 aliphatic heterocycles. The van der Waals surface area contributed by atoms with Crippen molar-refractivity contribution in [2.24, 2.45) is 5.10 Å². The number of hydrogen-bond donors (Lipinski definition) is 1. The van der Waals surface area contributed by atoms with Crippen molar-refractivity contribution in [1.29, 1.82) is 0 Å². The maximum absolute atomic E-state index is 13.8. The summed E-state index contributed by atoms with van der Waals surface area (Å²) in [6, 6.07) is 2.63. The average molecular weight is 320 g/mol. The SMILES string of the molecule is O=[N+]([O-])c1ccc(/C=N/Nc2ncc(F)c(N3CCCC3)n2)o1. The van der Waals surface area contributed by atoms with Gasteiger partial charge in [-0.25, -0.2) is 14.8 Å². The zero-order chi connectivity index (χ0) is 16.2. The van der Waals surface area contributed by atoms with Crippen LogP contribution in [0.1, 0.15) is 18.6 Å². The molecule has 0 bridgehead atoms. The van der Waals surface area contributed by atoms with Crippen molar-refractivity contribution in [3.05, 3.63) is 40.0 Å². The van der Waals surface area contributed by atoms with Crippen molar-refractivity contribution in [2.75, 3.05) is 23.4 Å². The molecule has 2 aromatic heterocycles. The largest absolute Gasteiger partial charge is 0.433 e. The van der Waals surface area contributed by atoms with Crippen molar-refractivity contribution in [3.8, 4) is 0 Å². The van der Waals surface area contributed by atoms with E-state index in [0.717, 1.165) is 32.1 Å². The van der Waals surface area contributed by atoms with Gasteiger partial charge < -0.3 is 9.32 Å². The maximum atomic E-state index is 13.8. The van der Waals surface area contributed by atoms with Crippen LogP contribution in [0, 0.1) is 15.9 Å². The zero-order valence-corrected chi connectivity index (χ0v) is 12.0. The van der Waals surface area contributed by atoms with Gasteiger partial charge in [0.15, 0.2) is 17.4 Å². The van der Waals surface area contributed by atoms with E-state index in [1.54, 1.807) is 0 Å². The first-order chi connectivity index (χ1) is 11.1. The molecule has 0 unspecified atom stereocenters. The molecule has 0 aliphatic carbocycles. The number of anilines is 2. The molecule has 9 nitrogen and oxygen atoms in total. The second-order valence-electron chi connectivity index (χ2n) is 4.86. The highest BCUT2D eigenvalue weighted by Crippen LogP contribution is 2.21. The van der Waals surface area contributed by atoms with Crippen LogP contribution in [0.25, 0.3) is 0 Å². The number of nitrogens with one attached hydrogen (secondary N) is 1. The fraction of sp³-hybridized carbons (Fsp3) is 0.308. The molecule has 0 amide bonds. The molecule has 1 saturated heterocycles. The summed E-state index contributed by atoms with van der Waals surface area (Å²) >= 11 is 0. The summed E-state index contributed by atoms with van der Waals surface area (Å²) in [7, 11) is 0. The molecule has 1 aliphatic rings. The smallest absolute Gasteiger partial charge is 0.400 e. The van der Waals surface area contributed by atoms with Crippen LogP contribution >= 0.6 is 0 Å². The molecule has 3 heterocycles. The molecule has 0 atom stereocenters. The van der Waals surface area contributed by atoms with E-state index >= 15 is 0 Å². The van der Waals surface area contributed by atoms with Crippen LogP contribution in [-0.2, 0) is 0 Å². The first kappa shape index (κ1) is 14.9. The van der Waals surface area contributed by atoms with E-state index < -0.39 is 10.7 Å². The Bertz CT molecular complexity index is 741. The molecule has 0 aromatic carbocycles. The van der Waals surface area contributed by atoms with Gasteiger partial charge in [0.2, 0.25) is 5.95 Å². The molecule has 2 aromatic rings. The van der Waals surface area contributed by atoms with Gasteiger partial charge in [0, 0.05) is 13.1 Å². The van der Waals surface area contributed by atoms with Gasteiger partial charge in [-0.2, -0.15) is 10.1 Å². The predicted octanol–water partition coefficient (Wildman–Crippen LogP) is 2.16. The van der Waals surface area contributed by atoms with Crippen molar-refractivity contribution in [2.45, 2.75) is 12.8 Å². The topological polar surface area (TPSA) is 110 Å². The quantitative estimate of drug-likeness (QED) is 0.510. The Labute approximate surface area is 130 Å². The van der Waals surface area contributed by atoms with E-state index in [4.69, 9.17) is 4.42 Å². The molecule has 0 spiro atoms. The van der Waals surface area contributed by atoms with Crippen LogP contribution < -0.4 is 10.3 Å². The highest BCUT2D eigenvalue weighted by Gasteiger charge is 2.18. The van der Waals surface area contributed by atoms with Crippen molar-refractivity contribution >= 4 is 23.9 Å². The molecule has 120 valence electrons. The zero-order valence-electron chi connectivity index (χ0n) is 12.0. The van der Waals surface area contributed by atoms with Crippen molar-refractivity contribution < 1.29 is 13.7 Å². The first-order valence-electron chi connectivity index (χ1n) is 6.94. The lowest BCUT2D eigenvalue weighted by molar-refractivity contribution is -0.402. The van der Waals surface area contributed by atoms with Crippen LogP contribution in [0.3, 0.4) is 0 Å². The monoisotopic (exact) mass is 320 g/mol. The van der Waals surface area contributed by atoms with E-state index in [2.05, 4.69) is 20.5 Å². The lowest BCUT2D eigenvalue weighted by Crippen LogP contribution is -2.21. The molecule has 23 heavy (non-hydrogen) atoms. The second-order valence-corrected chi connectivity index (χ2v) is 4.86. The van der Waals surface area contributed by atoms with Gasteiger partial charge in [0.05, 0.1) is 18.5 Å². The minimum absolute atomic E-state index is 0.130. The molecular formula is C13H13FN6O3. The molecule has 10 heteroatoms. The molecular weight excluding hydrogens is 307 g/mol. The summed E-state index contributed by atoms with van der Waals surface area (Å²) in [5, 5.41) is 14.3. The number of hydrazone groups is 1. The number of nitro groups is 1. The van der Waals surface area contributed by atoms with Gasteiger partial charge in [0.1, 0.15) is 4.92 Å². The lowest BCUT2D eigenvalue weighted by atomic mass is 10.4. The summed E-state index contributed by atoms with van der Waals surface area (Å²) in [6.45, 7) is 1.51. The molecule has 1 N–H and O–H groups in total. The average Bonchev–Trinajstić information content (AvgIpc) is 3.20.